The molecule has 0 aliphatic heterocycles. The van der Waals surface area contributed by atoms with E-state index in [0.717, 1.165) is 6.20 Å². The first-order chi connectivity index (χ1) is 12.3. The van der Waals surface area contributed by atoms with Crippen molar-refractivity contribution in [1.82, 2.24) is 4.98 Å². The number of halogens is 3. The van der Waals surface area contributed by atoms with Crippen LogP contribution in [0.2, 0.25) is 15.2 Å². The molecule has 3 rings (SSSR count). The molecule has 9 heteroatoms. The van der Waals surface area contributed by atoms with E-state index in [2.05, 4.69) is 9.71 Å². The minimum atomic E-state index is -3.98. The number of benzene rings is 2. The van der Waals surface area contributed by atoms with Gasteiger partial charge in [-0.25, -0.2) is 13.4 Å². The zero-order valence-corrected chi connectivity index (χ0v) is 16.1. The smallest absolute Gasteiger partial charge is 0.263 e. The molecule has 0 bridgehead atoms. The van der Waals surface area contributed by atoms with Crippen molar-refractivity contribution < 1.29 is 13.2 Å². The summed E-state index contributed by atoms with van der Waals surface area (Å²) in [5.41, 5.74) is 0.174. The lowest BCUT2D eigenvalue weighted by Gasteiger charge is -2.14. The second-order valence-corrected chi connectivity index (χ2v) is 7.99. The number of sulfonamides is 1. The average Bonchev–Trinajstić information content (AvgIpc) is 2.60. The van der Waals surface area contributed by atoms with E-state index in [1.165, 1.54) is 12.1 Å². The Morgan fingerprint density at radius 2 is 1.69 bits per heavy atom. The van der Waals surface area contributed by atoms with Crippen LogP contribution in [0.4, 0.5) is 5.69 Å². The molecule has 26 heavy (non-hydrogen) atoms. The molecule has 1 N–H and O–H groups in total. The third-order valence-corrected chi connectivity index (χ3v) is 5.49. The molecular weight excluding hydrogens is 419 g/mol. The van der Waals surface area contributed by atoms with E-state index in [-0.39, 0.29) is 26.5 Å². The maximum Gasteiger partial charge on any atom is 0.263 e. The fourth-order valence-electron chi connectivity index (χ4n) is 2.04. The highest BCUT2D eigenvalue weighted by molar-refractivity contribution is 7.92. The van der Waals surface area contributed by atoms with E-state index in [1.54, 1.807) is 36.4 Å². The van der Waals surface area contributed by atoms with Crippen molar-refractivity contribution in [1.29, 1.82) is 0 Å². The van der Waals surface area contributed by atoms with Crippen LogP contribution in [0.3, 0.4) is 0 Å². The van der Waals surface area contributed by atoms with E-state index < -0.39 is 10.0 Å². The number of anilines is 1. The largest absolute Gasteiger partial charge is 0.455 e. The molecule has 134 valence electrons. The quantitative estimate of drug-likeness (QED) is 0.533. The Kier molecular flexibility index (Phi) is 5.58. The van der Waals surface area contributed by atoms with Crippen molar-refractivity contribution in [3.63, 3.8) is 0 Å². The molecule has 0 saturated carbocycles. The lowest BCUT2D eigenvalue weighted by Crippen LogP contribution is -2.14. The van der Waals surface area contributed by atoms with E-state index in [1.807, 2.05) is 6.07 Å². The van der Waals surface area contributed by atoms with Gasteiger partial charge in [-0.3, -0.25) is 4.72 Å². The summed E-state index contributed by atoms with van der Waals surface area (Å²) < 4.78 is 33.4. The summed E-state index contributed by atoms with van der Waals surface area (Å²) in [4.78, 5) is 3.61. The van der Waals surface area contributed by atoms with E-state index in [9.17, 15) is 8.42 Å². The van der Waals surface area contributed by atoms with Gasteiger partial charge in [-0.15, -0.1) is 0 Å². The number of nitrogens with one attached hydrogen (secondary N) is 1. The van der Waals surface area contributed by atoms with Gasteiger partial charge in [0.1, 0.15) is 15.8 Å². The van der Waals surface area contributed by atoms with Gasteiger partial charge in [-0.1, -0.05) is 53.0 Å². The third kappa shape index (κ3) is 4.40. The summed E-state index contributed by atoms with van der Waals surface area (Å²) >= 11 is 17.6. The van der Waals surface area contributed by atoms with Crippen LogP contribution < -0.4 is 9.46 Å². The topological polar surface area (TPSA) is 68.3 Å². The molecule has 0 aliphatic rings. The highest BCUT2D eigenvalue weighted by Gasteiger charge is 2.19. The Hall–Kier alpha value is -1.99. The van der Waals surface area contributed by atoms with Crippen molar-refractivity contribution in [2.24, 2.45) is 0 Å². The van der Waals surface area contributed by atoms with Crippen LogP contribution in [-0.2, 0) is 10.0 Å². The van der Waals surface area contributed by atoms with Gasteiger partial charge in [0.2, 0.25) is 0 Å². The number of aromatic nitrogens is 1. The predicted molar refractivity (Wildman–Crippen MR) is 103 cm³/mol. The number of para-hydroxylation sites is 1. The molecule has 2 aromatic carbocycles. The number of nitrogens with zero attached hydrogens (tertiary/aromatic N) is 1. The first-order valence-electron chi connectivity index (χ1n) is 7.21. The second-order valence-electron chi connectivity index (χ2n) is 5.10. The van der Waals surface area contributed by atoms with Gasteiger partial charge in [0.25, 0.3) is 10.0 Å². The molecule has 1 heterocycles. The van der Waals surface area contributed by atoms with Crippen molar-refractivity contribution >= 4 is 50.5 Å². The maximum atomic E-state index is 12.6. The highest BCUT2D eigenvalue weighted by atomic mass is 35.5. The van der Waals surface area contributed by atoms with E-state index in [4.69, 9.17) is 39.5 Å². The number of rotatable bonds is 5. The van der Waals surface area contributed by atoms with Gasteiger partial charge in [0, 0.05) is 11.2 Å². The average molecular weight is 430 g/mol. The SMILES string of the molecule is O=S(=O)(Nc1cc(Cl)ccc1Oc1ccccc1)c1cnc(Cl)c(Cl)c1. The second kappa shape index (κ2) is 7.72. The van der Waals surface area contributed by atoms with Crippen molar-refractivity contribution in [3.8, 4) is 11.5 Å². The molecule has 0 aliphatic carbocycles. The fourth-order valence-corrected chi connectivity index (χ4v) is 3.58. The fraction of sp³-hybridized carbons (Fsp3) is 0. The van der Waals surface area contributed by atoms with E-state index in [0.29, 0.717) is 10.8 Å². The molecule has 0 spiro atoms. The summed E-state index contributed by atoms with van der Waals surface area (Å²) in [5.74, 6) is 0.837. The van der Waals surface area contributed by atoms with Gasteiger partial charge in [0.15, 0.2) is 5.75 Å². The standard InChI is InChI=1S/C17H11Cl3N2O3S/c18-11-6-7-16(25-12-4-2-1-3-5-12)15(8-11)22-26(23,24)13-9-14(19)17(20)21-10-13/h1-10,22H. The number of ether oxygens (including phenoxy) is 1. The normalized spacial score (nSPS) is 11.2. The van der Waals surface area contributed by atoms with E-state index >= 15 is 0 Å². The predicted octanol–water partition coefficient (Wildman–Crippen LogP) is 5.63. The molecule has 0 fully saturated rings. The summed E-state index contributed by atoms with van der Waals surface area (Å²) in [6, 6.07) is 14.8. The third-order valence-electron chi connectivity index (χ3n) is 3.24. The zero-order chi connectivity index (χ0) is 18.7. The summed E-state index contributed by atoms with van der Waals surface area (Å²) in [6.07, 6.45) is 1.11. The molecule has 1 aromatic heterocycles. The first-order valence-corrected chi connectivity index (χ1v) is 9.83. The van der Waals surface area contributed by atoms with Gasteiger partial charge < -0.3 is 4.74 Å². The van der Waals surface area contributed by atoms with Gasteiger partial charge in [0.05, 0.1) is 10.7 Å². The summed E-state index contributed by atoms with van der Waals surface area (Å²) in [5, 5.41) is 0.387. The zero-order valence-electron chi connectivity index (χ0n) is 13.0. The van der Waals surface area contributed by atoms with Gasteiger partial charge in [-0.2, -0.15) is 0 Å². The summed E-state index contributed by atoms with van der Waals surface area (Å²) in [7, 11) is -3.98. The van der Waals surface area contributed by atoms with Crippen molar-refractivity contribution in [3.05, 3.63) is 76.0 Å². The number of pyridine rings is 1. The summed E-state index contributed by atoms with van der Waals surface area (Å²) in [6.45, 7) is 0. The Labute approximate surface area is 165 Å². The van der Waals surface area contributed by atoms with Crippen LogP contribution in [0.15, 0.2) is 65.7 Å². The molecule has 5 nitrogen and oxygen atoms in total. The molecule has 3 aromatic rings. The molecule has 0 saturated heterocycles. The van der Waals surface area contributed by atoms with Gasteiger partial charge in [-0.05, 0) is 36.4 Å². The van der Waals surface area contributed by atoms with Crippen LogP contribution in [0.25, 0.3) is 0 Å². The Bertz CT molecular complexity index is 1040. The minimum Gasteiger partial charge on any atom is -0.455 e. The molecule has 0 atom stereocenters. The molecular formula is C17H11Cl3N2O3S. The Balaban J connectivity index is 1.95. The number of hydrogen-bond acceptors (Lipinski definition) is 4. The highest BCUT2D eigenvalue weighted by Crippen LogP contribution is 2.34. The van der Waals surface area contributed by atoms with Crippen LogP contribution in [0.1, 0.15) is 0 Å². The molecule has 0 unspecified atom stereocenters. The molecule has 0 radical (unpaired) electrons. The Morgan fingerprint density at radius 1 is 0.962 bits per heavy atom. The molecule has 0 amide bonds. The van der Waals surface area contributed by atoms with Crippen LogP contribution in [0.5, 0.6) is 11.5 Å². The van der Waals surface area contributed by atoms with Crippen molar-refractivity contribution in [2.45, 2.75) is 4.90 Å². The lowest BCUT2D eigenvalue weighted by molar-refractivity contribution is 0.485. The van der Waals surface area contributed by atoms with Crippen LogP contribution in [-0.4, -0.2) is 13.4 Å². The maximum absolute atomic E-state index is 12.6. The van der Waals surface area contributed by atoms with Crippen molar-refractivity contribution in [2.75, 3.05) is 4.72 Å². The first kappa shape index (κ1) is 18.8. The van der Waals surface area contributed by atoms with Crippen LogP contribution in [0, 0.1) is 0 Å². The lowest BCUT2D eigenvalue weighted by atomic mass is 10.3. The monoisotopic (exact) mass is 428 g/mol. The number of hydrogen-bond donors (Lipinski definition) is 1. The van der Waals surface area contributed by atoms with Gasteiger partial charge >= 0.3 is 0 Å². The minimum absolute atomic E-state index is 0.0153. The van der Waals surface area contributed by atoms with Crippen LogP contribution >= 0.6 is 34.8 Å². The Morgan fingerprint density at radius 3 is 2.38 bits per heavy atom.